The topological polar surface area (TPSA) is 84.9 Å². The fraction of sp³-hybridized carbons (Fsp3) is 0.292. The molecule has 3 amide bonds. The summed E-state index contributed by atoms with van der Waals surface area (Å²) in [6.45, 7) is 5.96. The van der Waals surface area contributed by atoms with Crippen LogP contribution in [0.15, 0.2) is 47.4 Å². The van der Waals surface area contributed by atoms with Gasteiger partial charge in [-0.15, -0.1) is 0 Å². The zero-order chi connectivity index (χ0) is 24.0. The van der Waals surface area contributed by atoms with Crippen LogP contribution in [0.5, 0.6) is 11.5 Å². The third kappa shape index (κ3) is 6.52. The van der Waals surface area contributed by atoms with Gasteiger partial charge in [0.25, 0.3) is 11.1 Å². The Morgan fingerprint density at radius 1 is 1.15 bits per heavy atom. The van der Waals surface area contributed by atoms with Crippen molar-refractivity contribution in [3.05, 3.63) is 58.0 Å². The first kappa shape index (κ1) is 24.7. The summed E-state index contributed by atoms with van der Waals surface area (Å²) in [5.74, 6) is 0.184. The van der Waals surface area contributed by atoms with E-state index in [1.165, 1.54) is 0 Å². The van der Waals surface area contributed by atoms with Crippen LogP contribution < -0.4 is 14.8 Å². The van der Waals surface area contributed by atoms with Crippen LogP contribution in [0, 0.1) is 0 Å². The van der Waals surface area contributed by atoms with Crippen molar-refractivity contribution in [2.24, 2.45) is 0 Å². The van der Waals surface area contributed by atoms with E-state index in [2.05, 4.69) is 5.32 Å². The monoisotopic (exact) mass is 488 g/mol. The van der Waals surface area contributed by atoms with E-state index in [0.717, 1.165) is 23.1 Å². The summed E-state index contributed by atoms with van der Waals surface area (Å²) in [4.78, 5) is 38.6. The number of imide groups is 1. The molecular formula is C24H25ClN2O5S. The van der Waals surface area contributed by atoms with Gasteiger partial charge in [-0.1, -0.05) is 24.6 Å². The molecule has 2 aromatic rings. The Hall–Kier alpha value is -2.97. The summed E-state index contributed by atoms with van der Waals surface area (Å²) in [5.41, 5.74) is 1.21. The number of carbonyl (C=O) groups excluding carboxylic acids is 3. The zero-order valence-corrected chi connectivity index (χ0v) is 20.2. The second-order valence-corrected chi connectivity index (χ2v) is 8.73. The molecule has 1 aliphatic rings. The molecule has 0 bridgehead atoms. The molecule has 174 valence electrons. The third-order valence-electron chi connectivity index (χ3n) is 4.77. The third-order valence-corrected chi connectivity index (χ3v) is 5.93. The van der Waals surface area contributed by atoms with Crippen LogP contribution in [0.4, 0.5) is 10.5 Å². The predicted octanol–water partition coefficient (Wildman–Crippen LogP) is 5.59. The number of ether oxygens (including phenoxy) is 2. The van der Waals surface area contributed by atoms with Gasteiger partial charge in [-0.05, 0) is 80.1 Å². The van der Waals surface area contributed by atoms with Crippen molar-refractivity contribution in [1.29, 1.82) is 0 Å². The lowest BCUT2D eigenvalue weighted by molar-refractivity contribution is -0.127. The quantitative estimate of drug-likeness (QED) is 0.463. The largest absolute Gasteiger partial charge is 0.490 e. The van der Waals surface area contributed by atoms with Crippen LogP contribution >= 0.6 is 23.4 Å². The van der Waals surface area contributed by atoms with E-state index < -0.39 is 17.1 Å². The second kappa shape index (κ2) is 11.2. The number of amides is 3. The van der Waals surface area contributed by atoms with Gasteiger partial charge in [0.05, 0.1) is 17.6 Å². The fourth-order valence-electron chi connectivity index (χ4n) is 2.95. The molecule has 9 heteroatoms. The molecule has 0 saturated carbocycles. The van der Waals surface area contributed by atoms with Crippen LogP contribution in [0.1, 0.15) is 32.8 Å². The molecule has 0 aromatic heterocycles. The first-order valence-electron chi connectivity index (χ1n) is 10.5. The summed E-state index contributed by atoms with van der Waals surface area (Å²) in [6, 6.07) is 11.9. The van der Waals surface area contributed by atoms with E-state index >= 15 is 0 Å². The number of hydrogen-bond donors (Lipinski definition) is 1. The average Bonchev–Trinajstić information content (AvgIpc) is 3.04. The normalized spacial score (nSPS) is 15.6. The number of benzene rings is 2. The van der Waals surface area contributed by atoms with Gasteiger partial charge in [0.15, 0.2) is 11.5 Å². The smallest absolute Gasteiger partial charge is 0.294 e. The van der Waals surface area contributed by atoms with Crippen molar-refractivity contribution >= 4 is 52.2 Å². The Morgan fingerprint density at radius 3 is 2.55 bits per heavy atom. The lowest BCUT2D eigenvalue weighted by atomic mass is 10.1. The molecule has 33 heavy (non-hydrogen) atoms. The molecular weight excluding hydrogens is 464 g/mol. The minimum absolute atomic E-state index is 0.0329. The lowest BCUT2D eigenvalue weighted by Crippen LogP contribution is -2.36. The summed E-state index contributed by atoms with van der Waals surface area (Å²) in [6.07, 6.45) is 2.49. The summed E-state index contributed by atoms with van der Waals surface area (Å²) in [7, 11) is 0. The Balaban J connectivity index is 1.72. The Morgan fingerprint density at radius 2 is 1.88 bits per heavy atom. The maximum atomic E-state index is 12.8. The van der Waals surface area contributed by atoms with Crippen LogP contribution in [0.3, 0.4) is 0 Å². The van der Waals surface area contributed by atoms with Crippen molar-refractivity contribution < 1.29 is 23.9 Å². The first-order chi connectivity index (χ1) is 15.8. The van der Waals surface area contributed by atoms with Gasteiger partial charge in [0.1, 0.15) is 6.54 Å². The van der Waals surface area contributed by atoms with E-state index in [9.17, 15) is 14.4 Å². The molecule has 1 atom stereocenters. The first-order valence-corrected chi connectivity index (χ1v) is 11.7. The standard InChI is InChI=1S/C24H25ClN2O5S/c1-4-15(3)32-19-11-6-16(12-20(19)31-5-2)13-21-23(29)27(24(30)33-21)14-22(28)26-18-9-7-17(25)8-10-18/h6-13,15H,4-5,14H2,1-3H3,(H,26,28)/b21-13+/t15-/m0/s1. The maximum Gasteiger partial charge on any atom is 0.294 e. The number of hydrogen-bond acceptors (Lipinski definition) is 6. The maximum absolute atomic E-state index is 12.8. The molecule has 0 aliphatic carbocycles. The Labute approximate surface area is 202 Å². The molecule has 0 unspecified atom stereocenters. The number of thioether (sulfide) groups is 1. The van der Waals surface area contributed by atoms with Crippen LogP contribution in [-0.2, 0) is 9.59 Å². The summed E-state index contributed by atoms with van der Waals surface area (Å²) in [5, 5.41) is 2.68. The van der Waals surface area contributed by atoms with Crippen molar-refractivity contribution in [3.63, 3.8) is 0 Å². The van der Waals surface area contributed by atoms with Crippen molar-refractivity contribution in [1.82, 2.24) is 4.90 Å². The number of nitrogens with zero attached hydrogens (tertiary/aromatic N) is 1. The molecule has 1 N–H and O–H groups in total. The van der Waals surface area contributed by atoms with Crippen molar-refractivity contribution in [3.8, 4) is 11.5 Å². The van der Waals surface area contributed by atoms with Gasteiger partial charge >= 0.3 is 0 Å². The highest BCUT2D eigenvalue weighted by molar-refractivity contribution is 8.18. The van der Waals surface area contributed by atoms with Gasteiger partial charge in [-0.2, -0.15) is 0 Å². The second-order valence-electron chi connectivity index (χ2n) is 7.30. The van der Waals surface area contributed by atoms with E-state index in [-0.39, 0.29) is 17.6 Å². The van der Waals surface area contributed by atoms with E-state index in [1.807, 2.05) is 20.8 Å². The van der Waals surface area contributed by atoms with Crippen molar-refractivity contribution in [2.75, 3.05) is 18.5 Å². The summed E-state index contributed by atoms with van der Waals surface area (Å²) < 4.78 is 11.6. The summed E-state index contributed by atoms with van der Waals surface area (Å²) >= 11 is 6.63. The van der Waals surface area contributed by atoms with Gasteiger partial charge in [0.2, 0.25) is 5.91 Å². The predicted molar refractivity (Wildman–Crippen MR) is 131 cm³/mol. The molecule has 7 nitrogen and oxygen atoms in total. The van der Waals surface area contributed by atoms with Crippen LogP contribution in [-0.4, -0.2) is 41.2 Å². The van der Waals surface area contributed by atoms with Gasteiger partial charge in [-0.3, -0.25) is 19.3 Å². The number of halogens is 1. The number of anilines is 1. The molecule has 1 fully saturated rings. The minimum atomic E-state index is -0.519. The number of rotatable bonds is 9. The van der Waals surface area contributed by atoms with E-state index in [1.54, 1.807) is 48.5 Å². The minimum Gasteiger partial charge on any atom is -0.490 e. The highest BCUT2D eigenvalue weighted by Gasteiger charge is 2.36. The Bertz CT molecular complexity index is 1070. The molecule has 3 rings (SSSR count). The average molecular weight is 489 g/mol. The SMILES string of the molecule is CCOc1cc(/C=C2/SC(=O)N(CC(=O)Nc3ccc(Cl)cc3)C2=O)ccc1O[C@@H](C)CC. The molecule has 2 aromatic carbocycles. The van der Waals surface area contributed by atoms with Crippen LogP contribution in [0.2, 0.25) is 5.02 Å². The fourth-order valence-corrected chi connectivity index (χ4v) is 3.91. The lowest BCUT2D eigenvalue weighted by Gasteiger charge is -2.16. The highest BCUT2D eigenvalue weighted by Crippen LogP contribution is 2.35. The van der Waals surface area contributed by atoms with E-state index in [0.29, 0.717) is 34.4 Å². The van der Waals surface area contributed by atoms with Gasteiger partial charge in [-0.25, -0.2) is 0 Å². The molecule has 1 saturated heterocycles. The Kier molecular flexibility index (Phi) is 8.41. The molecule has 0 spiro atoms. The molecule has 1 heterocycles. The zero-order valence-electron chi connectivity index (χ0n) is 18.6. The molecule has 0 radical (unpaired) electrons. The van der Waals surface area contributed by atoms with Gasteiger partial charge in [0, 0.05) is 10.7 Å². The van der Waals surface area contributed by atoms with Crippen molar-refractivity contribution in [2.45, 2.75) is 33.3 Å². The van der Waals surface area contributed by atoms with Gasteiger partial charge < -0.3 is 14.8 Å². The van der Waals surface area contributed by atoms with Crippen LogP contribution in [0.25, 0.3) is 6.08 Å². The highest BCUT2D eigenvalue weighted by atomic mass is 35.5. The molecule has 1 aliphatic heterocycles. The number of nitrogens with one attached hydrogen (secondary N) is 1. The number of carbonyl (C=O) groups is 3. The van der Waals surface area contributed by atoms with E-state index in [4.69, 9.17) is 21.1 Å².